The van der Waals surface area contributed by atoms with E-state index in [1.165, 1.54) is 27.2 Å². The number of rotatable bonds is 5. The summed E-state index contributed by atoms with van der Waals surface area (Å²) in [5, 5.41) is 0. The topological polar surface area (TPSA) is 43.9 Å². The number of likely N-dealkylation sites (tertiary alicyclic amines) is 1. The van der Waals surface area contributed by atoms with E-state index in [9.17, 15) is 9.59 Å². The van der Waals surface area contributed by atoms with Crippen LogP contribution >= 0.6 is 0 Å². The lowest BCUT2D eigenvalue weighted by Gasteiger charge is -2.42. The molecule has 2 aliphatic heterocycles. The fourth-order valence-electron chi connectivity index (χ4n) is 5.42. The summed E-state index contributed by atoms with van der Waals surface area (Å²) >= 11 is 0. The van der Waals surface area contributed by atoms with Gasteiger partial charge in [-0.25, -0.2) is 4.79 Å². The van der Waals surface area contributed by atoms with E-state index < -0.39 is 5.54 Å². The summed E-state index contributed by atoms with van der Waals surface area (Å²) < 4.78 is 0. The molecule has 1 spiro atoms. The highest BCUT2D eigenvalue weighted by Gasteiger charge is 2.56. The van der Waals surface area contributed by atoms with E-state index in [2.05, 4.69) is 60.4 Å². The van der Waals surface area contributed by atoms with Crippen LogP contribution in [0.2, 0.25) is 0 Å². The summed E-state index contributed by atoms with van der Waals surface area (Å²) in [7, 11) is 1.61. The number of aryl methyl sites for hydroxylation is 1. The molecule has 2 fully saturated rings. The maximum absolute atomic E-state index is 13.2. The minimum atomic E-state index is -0.735. The Morgan fingerprint density at radius 1 is 0.794 bits per heavy atom. The Morgan fingerprint density at radius 3 is 2.21 bits per heavy atom. The van der Waals surface area contributed by atoms with Gasteiger partial charge in [0.15, 0.2) is 0 Å². The average Bonchev–Trinajstić information content (AvgIpc) is 3.03. The van der Waals surface area contributed by atoms with E-state index in [0.29, 0.717) is 19.4 Å². The van der Waals surface area contributed by atoms with Crippen LogP contribution in [0.5, 0.6) is 0 Å². The molecule has 5 rings (SSSR count). The first-order valence-corrected chi connectivity index (χ1v) is 12.0. The van der Waals surface area contributed by atoms with Crippen molar-refractivity contribution in [2.24, 2.45) is 0 Å². The van der Waals surface area contributed by atoms with E-state index in [1.807, 2.05) is 30.3 Å². The fraction of sp³-hybridized carbons (Fsp3) is 0.310. The smallest absolute Gasteiger partial charge is 0.305 e. The van der Waals surface area contributed by atoms with Gasteiger partial charge in [0.1, 0.15) is 5.54 Å². The first-order valence-electron chi connectivity index (χ1n) is 12.0. The van der Waals surface area contributed by atoms with E-state index in [-0.39, 0.29) is 11.9 Å². The number of carbonyl (C=O) groups is 2. The highest BCUT2D eigenvalue weighted by Crippen LogP contribution is 2.38. The van der Waals surface area contributed by atoms with E-state index in [0.717, 1.165) is 25.2 Å². The van der Waals surface area contributed by atoms with Gasteiger partial charge >= 0.3 is 6.03 Å². The molecular formula is C29H31N3O2. The van der Waals surface area contributed by atoms with Crippen molar-refractivity contribution in [3.63, 3.8) is 0 Å². The Labute approximate surface area is 201 Å². The van der Waals surface area contributed by atoms with Gasteiger partial charge in [-0.1, -0.05) is 72.8 Å². The zero-order valence-electron chi connectivity index (χ0n) is 19.9. The molecule has 34 heavy (non-hydrogen) atoms. The van der Waals surface area contributed by atoms with Crippen LogP contribution in [0.25, 0.3) is 11.1 Å². The van der Waals surface area contributed by atoms with Gasteiger partial charge in [-0.2, -0.15) is 0 Å². The van der Waals surface area contributed by atoms with Crippen LogP contribution in [-0.4, -0.2) is 52.3 Å². The summed E-state index contributed by atoms with van der Waals surface area (Å²) in [6.07, 6.45) is 1.32. The number of hydrogen-bond donors (Lipinski definition) is 0. The van der Waals surface area contributed by atoms with Gasteiger partial charge in [0, 0.05) is 33.2 Å². The minimum Gasteiger partial charge on any atom is -0.305 e. The summed E-state index contributed by atoms with van der Waals surface area (Å²) in [6, 6.07) is 26.9. The molecule has 0 aromatic heterocycles. The summed E-state index contributed by atoms with van der Waals surface area (Å²) in [4.78, 5) is 31.7. The molecule has 0 saturated carbocycles. The van der Waals surface area contributed by atoms with Crippen molar-refractivity contribution < 1.29 is 9.59 Å². The molecule has 2 heterocycles. The predicted octanol–water partition coefficient (Wildman–Crippen LogP) is 5.09. The number of carbonyl (C=O) groups excluding carboxylic acids is 2. The van der Waals surface area contributed by atoms with Crippen molar-refractivity contribution in [2.45, 2.75) is 38.4 Å². The van der Waals surface area contributed by atoms with Crippen LogP contribution in [0.15, 0.2) is 78.9 Å². The maximum Gasteiger partial charge on any atom is 0.327 e. The van der Waals surface area contributed by atoms with Gasteiger partial charge in [0.05, 0.1) is 0 Å². The lowest BCUT2D eigenvalue weighted by atomic mass is 9.85. The normalized spacial score (nSPS) is 18.2. The lowest BCUT2D eigenvalue weighted by molar-refractivity contribution is -0.135. The number of urea groups is 1. The molecule has 0 N–H and O–H groups in total. The molecule has 0 unspecified atom stereocenters. The average molecular weight is 454 g/mol. The van der Waals surface area contributed by atoms with Crippen LogP contribution in [0.4, 0.5) is 4.79 Å². The largest absolute Gasteiger partial charge is 0.327 e. The molecule has 5 nitrogen and oxygen atoms in total. The molecule has 5 heteroatoms. The summed E-state index contributed by atoms with van der Waals surface area (Å²) in [5.74, 6) is -0.0605. The first kappa shape index (κ1) is 22.4. The number of amides is 3. The van der Waals surface area contributed by atoms with Crippen LogP contribution in [-0.2, 0) is 17.9 Å². The Bertz CT molecular complexity index is 1200. The van der Waals surface area contributed by atoms with Crippen LogP contribution in [0.3, 0.4) is 0 Å². The molecule has 0 radical (unpaired) electrons. The molecule has 2 aliphatic rings. The summed E-state index contributed by atoms with van der Waals surface area (Å²) in [6.45, 7) is 5.02. The number of imide groups is 1. The number of benzene rings is 3. The monoisotopic (exact) mass is 453 g/mol. The third-order valence-corrected chi connectivity index (χ3v) is 7.39. The van der Waals surface area contributed by atoms with Crippen LogP contribution in [0.1, 0.15) is 29.5 Å². The number of nitrogens with zero attached hydrogens (tertiary/aromatic N) is 3. The SMILES string of the molecule is Cc1ccccc1-c1cccc(CN2CCC3(CC2)C(=O)N(C)C(=O)N3Cc2ccccc2)c1. The van der Waals surface area contributed by atoms with Crippen molar-refractivity contribution in [3.8, 4) is 11.1 Å². The van der Waals surface area contributed by atoms with Crippen LogP contribution in [0, 0.1) is 6.92 Å². The second-order valence-electron chi connectivity index (χ2n) is 9.54. The predicted molar refractivity (Wildman–Crippen MR) is 134 cm³/mol. The quantitative estimate of drug-likeness (QED) is 0.506. The Hall–Kier alpha value is -3.44. The zero-order chi connectivity index (χ0) is 23.7. The third kappa shape index (κ3) is 4.01. The molecule has 0 bridgehead atoms. The van der Waals surface area contributed by atoms with Crippen molar-refractivity contribution in [1.29, 1.82) is 0 Å². The van der Waals surface area contributed by atoms with E-state index in [1.54, 1.807) is 11.9 Å². The number of hydrogen-bond acceptors (Lipinski definition) is 3. The molecule has 2 saturated heterocycles. The standard InChI is InChI=1S/C29H31N3O2/c1-22-9-6-7-14-26(22)25-13-8-12-24(19-25)20-31-17-15-29(16-18-31)27(33)30(2)28(34)32(29)21-23-10-4-3-5-11-23/h3-14,19H,15-18,20-21H2,1-2H3. The van der Waals surface area contributed by atoms with Gasteiger partial charge in [0.25, 0.3) is 5.91 Å². The third-order valence-electron chi connectivity index (χ3n) is 7.39. The Balaban J connectivity index is 1.31. The highest BCUT2D eigenvalue weighted by atomic mass is 16.2. The van der Waals surface area contributed by atoms with Gasteiger partial charge in [-0.3, -0.25) is 14.6 Å². The molecule has 3 aromatic rings. The van der Waals surface area contributed by atoms with Gasteiger partial charge in [-0.15, -0.1) is 0 Å². The van der Waals surface area contributed by atoms with Crippen molar-refractivity contribution in [2.75, 3.05) is 20.1 Å². The van der Waals surface area contributed by atoms with Crippen molar-refractivity contribution in [3.05, 3.63) is 95.6 Å². The van der Waals surface area contributed by atoms with Crippen molar-refractivity contribution in [1.82, 2.24) is 14.7 Å². The van der Waals surface area contributed by atoms with Crippen LogP contribution < -0.4 is 0 Å². The molecular weight excluding hydrogens is 422 g/mol. The van der Waals surface area contributed by atoms with E-state index in [4.69, 9.17) is 0 Å². The molecule has 3 aromatic carbocycles. The fourth-order valence-corrected chi connectivity index (χ4v) is 5.42. The Morgan fingerprint density at radius 2 is 1.47 bits per heavy atom. The van der Waals surface area contributed by atoms with Crippen molar-refractivity contribution >= 4 is 11.9 Å². The Kier molecular flexibility index (Phi) is 5.96. The lowest BCUT2D eigenvalue weighted by Crippen LogP contribution is -2.56. The second kappa shape index (κ2) is 9.07. The second-order valence-corrected chi connectivity index (χ2v) is 9.54. The van der Waals surface area contributed by atoms with E-state index >= 15 is 0 Å². The summed E-state index contributed by atoms with van der Waals surface area (Å²) in [5.41, 5.74) is 5.35. The molecule has 0 aliphatic carbocycles. The van der Waals surface area contributed by atoms with Gasteiger partial charge < -0.3 is 4.90 Å². The number of likely N-dealkylation sites (N-methyl/N-ethyl adjacent to an activating group) is 1. The molecule has 0 atom stereocenters. The molecule has 3 amide bonds. The number of piperidine rings is 1. The highest BCUT2D eigenvalue weighted by molar-refractivity contribution is 6.06. The first-order chi connectivity index (χ1) is 16.5. The maximum atomic E-state index is 13.2. The van der Waals surface area contributed by atoms with Gasteiger partial charge in [-0.05, 0) is 53.6 Å². The minimum absolute atomic E-state index is 0.0605. The van der Waals surface area contributed by atoms with Gasteiger partial charge in [0.2, 0.25) is 0 Å². The zero-order valence-corrected chi connectivity index (χ0v) is 19.9. The molecule has 174 valence electrons.